The number of ketones is 1. The second-order valence-electron chi connectivity index (χ2n) is 4.93. The quantitative estimate of drug-likeness (QED) is 0.616. The van der Waals surface area contributed by atoms with E-state index in [1.54, 1.807) is 0 Å². The lowest BCUT2D eigenvalue weighted by atomic mass is 10.1. The maximum atomic E-state index is 11.9. The summed E-state index contributed by atoms with van der Waals surface area (Å²) in [5, 5.41) is 3.31. The first-order valence-corrected chi connectivity index (χ1v) is 6.86. The van der Waals surface area contributed by atoms with Gasteiger partial charge in [0.2, 0.25) is 0 Å². The molecule has 1 aliphatic heterocycles. The molecular formula is C15H22N2O2. The minimum Gasteiger partial charge on any atom is -0.372 e. The molecule has 0 bridgehead atoms. The lowest BCUT2D eigenvalue weighted by molar-refractivity contribution is 0.0689. The minimum atomic E-state index is 0.0558. The van der Waals surface area contributed by atoms with Gasteiger partial charge >= 0.3 is 0 Å². The van der Waals surface area contributed by atoms with Crippen molar-refractivity contribution in [3.63, 3.8) is 0 Å². The Morgan fingerprint density at radius 2 is 1.95 bits per heavy atom. The van der Waals surface area contributed by atoms with Crippen LogP contribution < -0.4 is 5.32 Å². The molecule has 0 spiro atoms. The predicted octanol–water partition coefficient (Wildman–Crippen LogP) is 1.10. The molecule has 0 aromatic heterocycles. The molecule has 1 aromatic carbocycles. The minimum absolute atomic E-state index is 0.0558. The van der Waals surface area contributed by atoms with Crippen LogP contribution in [0.3, 0.4) is 0 Å². The van der Waals surface area contributed by atoms with E-state index in [0.717, 1.165) is 43.9 Å². The van der Waals surface area contributed by atoms with Gasteiger partial charge in [-0.05, 0) is 6.92 Å². The van der Waals surface area contributed by atoms with Gasteiger partial charge in [-0.15, -0.1) is 0 Å². The van der Waals surface area contributed by atoms with Gasteiger partial charge in [-0.3, -0.25) is 9.69 Å². The van der Waals surface area contributed by atoms with Gasteiger partial charge in [-0.1, -0.05) is 29.8 Å². The van der Waals surface area contributed by atoms with Crippen LogP contribution in [0.25, 0.3) is 0 Å². The third-order valence-electron chi connectivity index (χ3n) is 3.37. The number of ether oxygens (including phenoxy) is 1. The molecule has 1 aromatic rings. The van der Waals surface area contributed by atoms with Gasteiger partial charge in [-0.25, -0.2) is 0 Å². The number of nitrogens with one attached hydrogen (secondary N) is 1. The normalized spacial score (nSPS) is 16.5. The van der Waals surface area contributed by atoms with Gasteiger partial charge in [0.05, 0.1) is 6.61 Å². The Morgan fingerprint density at radius 3 is 2.63 bits per heavy atom. The second kappa shape index (κ2) is 7.38. The number of hydrogen-bond donors (Lipinski definition) is 1. The lowest BCUT2D eigenvalue weighted by Crippen LogP contribution is -2.44. The summed E-state index contributed by atoms with van der Waals surface area (Å²) < 4.78 is 5.47. The number of aryl methyl sites for hydroxylation is 1. The van der Waals surface area contributed by atoms with Gasteiger partial charge in [0.1, 0.15) is 6.61 Å². The molecule has 4 nitrogen and oxygen atoms in total. The summed E-state index contributed by atoms with van der Waals surface area (Å²) in [6, 6.07) is 7.62. The fourth-order valence-corrected chi connectivity index (χ4v) is 2.12. The first kappa shape index (κ1) is 14.2. The number of benzene rings is 1. The Hall–Kier alpha value is -1.23. The van der Waals surface area contributed by atoms with Crippen LogP contribution in [0.4, 0.5) is 0 Å². The van der Waals surface area contributed by atoms with Gasteiger partial charge in [0.15, 0.2) is 5.78 Å². The van der Waals surface area contributed by atoms with Crippen LogP contribution in [-0.2, 0) is 4.74 Å². The van der Waals surface area contributed by atoms with E-state index in [-0.39, 0.29) is 12.4 Å². The van der Waals surface area contributed by atoms with Crippen LogP contribution >= 0.6 is 0 Å². The molecule has 1 heterocycles. The van der Waals surface area contributed by atoms with E-state index in [9.17, 15) is 4.79 Å². The summed E-state index contributed by atoms with van der Waals surface area (Å²) in [7, 11) is 0. The number of Topliss-reactive ketones (excluding diaryl/α,β-unsaturated/α-hetero) is 1. The van der Waals surface area contributed by atoms with Crippen molar-refractivity contribution in [2.45, 2.75) is 6.92 Å². The van der Waals surface area contributed by atoms with E-state index in [1.165, 1.54) is 0 Å². The zero-order valence-corrected chi connectivity index (χ0v) is 11.5. The second-order valence-corrected chi connectivity index (χ2v) is 4.93. The van der Waals surface area contributed by atoms with Gasteiger partial charge < -0.3 is 10.1 Å². The smallest absolute Gasteiger partial charge is 0.188 e. The fraction of sp³-hybridized carbons (Fsp3) is 0.533. The highest BCUT2D eigenvalue weighted by molar-refractivity contribution is 5.97. The van der Waals surface area contributed by atoms with Crippen molar-refractivity contribution in [1.29, 1.82) is 0 Å². The molecular weight excluding hydrogens is 240 g/mol. The summed E-state index contributed by atoms with van der Waals surface area (Å²) in [4.78, 5) is 14.2. The Balaban J connectivity index is 1.64. The molecule has 0 saturated carbocycles. The van der Waals surface area contributed by atoms with Crippen molar-refractivity contribution in [2.75, 3.05) is 45.9 Å². The average Bonchev–Trinajstić information content (AvgIpc) is 2.45. The molecule has 1 saturated heterocycles. The number of hydrogen-bond acceptors (Lipinski definition) is 4. The summed E-state index contributed by atoms with van der Waals surface area (Å²) in [5.74, 6) is 0.0558. The fourth-order valence-electron chi connectivity index (χ4n) is 2.12. The molecule has 0 amide bonds. The molecule has 4 heteroatoms. The van der Waals surface area contributed by atoms with Crippen molar-refractivity contribution < 1.29 is 9.53 Å². The Labute approximate surface area is 114 Å². The zero-order valence-electron chi connectivity index (χ0n) is 11.5. The Kier molecular flexibility index (Phi) is 5.51. The Morgan fingerprint density at radius 1 is 1.26 bits per heavy atom. The maximum Gasteiger partial charge on any atom is 0.188 e. The van der Waals surface area contributed by atoms with Crippen molar-refractivity contribution in [2.24, 2.45) is 0 Å². The third kappa shape index (κ3) is 4.74. The number of carbonyl (C=O) groups excluding carboxylic acids is 1. The molecule has 104 valence electrons. The molecule has 1 aliphatic rings. The largest absolute Gasteiger partial charge is 0.372 e. The molecule has 0 aliphatic carbocycles. The Bertz CT molecular complexity index is 397. The predicted molar refractivity (Wildman–Crippen MR) is 75.6 cm³/mol. The van der Waals surface area contributed by atoms with Crippen LogP contribution in [0.5, 0.6) is 0 Å². The maximum absolute atomic E-state index is 11.9. The van der Waals surface area contributed by atoms with Crippen LogP contribution in [0.2, 0.25) is 0 Å². The van der Waals surface area contributed by atoms with E-state index in [0.29, 0.717) is 6.61 Å². The molecule has 1 N–H and O–H groups in total. The summed E-state index contributed by atoms with van der Waals surface area (Å²) in [6.07, 6.45) is 0. The first-order valence-electron chi connectivity index (χ1n) is 6.86. The van der Waals surface area contributed by atoms with Crippen LogP contribution in [0.15, 0.2) is 24.3 Å². The number of nitrogens with zero attached hydrogens (tertiary/aromatic N) is 1. The van der Waals surface area contributed by atoms with E-state index in [2.05, 4.69) is 10.2 Å². The highest BCUT2D eigenvalue weighted by atomic mass is 16.5. The van der Waals surface area contributed by atoms with E-state index in [1.807, 2.05) is 31.2 Å². The molecule has 0 atom stereocenters. The van der Waals surface area contributed by atoms with E-state index >= 15 is 0 Å². The first-order chi connectivity index (χ1) is 9.25. The highest BCUT2D eigenvalue weighted by Gasteiger charge is 2.09. The van der Waals surface area contributed by atoms with Crippen molar-refractivity contribution in [1.82, 2.24) is 10.2 Å². The number of piperazine rings is 1. The molecule has 1 fully saturated rings. The summed E-state index contributed by atoms with van der Waals surface area (Å²) >= 11 is 0. The van der Waals surface area contributed by atoms with E-state index in [4.69, 9.17) is 4.74 Å². The number of rotatable bonds is 6. The van der Waals surface area contributed by atoms with Crippen LogP contribution in [0.1, 0.15) is 15.9 Å². The van der Waals surface area contributed by atoms with Gasteiger partial charge in [0, 0.05) is 38.3 Å². The highest BCUT2D eigenvalue weighted by Crippen LogP contribution is 2.04. The number of carbonyl (C=O) groups is 1. The van der Waals surface area contributed by atoms with Gasteiger partial charge in [-0.2, -0.15) is 0 Å². The molecule has 0 unspecified atom stereocenters. The molecule has 2 rings (SSSR count). The van der Waals surface area contributed by atoms with Crippen molar-refractivity contribution in [3.8, 4) is 0 Å². The lowest BCUT2D eigenvalue weighted by Gasteiger charge is -2.26. The van der Waals surface area contributed by atoms with Crippen LogP contribution in [0, 0.1) is 6.92 Å². The monoisotopic (exact) mass is 262 g/mol. The van der Waals surface area contributed by atoms with Gasteiger partial charge in [0.25, 0.3) is 0 Å². The summed E-state index contributed by atoms with van der Waals surface area (Å²) in [6.45, 7) is 7.93. The third-order valence-corrected chi connectivity index (χ3v) is 3.37. The topological polar surface area (TPSA) is 41.6 Å². The molecule has 19 heavy (non-hydrogen) atoms. The standard InChI is InChI=1S/C15H22N2O2/c1-13-2-4-14(5-3-13)15(18)12-19-11-10-17-8-6-16-7-9-17/h2-5,16H,6-12H2,1H3. The SMILES string of the molecule is Cc1ccc(C(=O)COCCN2CCNCC2)cc1. The van der Waals surface area contributed by atoms with Crippen LogP contribution in [-0.4, -0.2) is 56.6 Å². The van der Waals surface area contributed by atoms with Crippen molar-refractivity contribution >= 4 is 5.78 Å². The average molecular weight is 262 g/mol. The zero-order chi connectivity index (χ0) is 13.5. The van der Waals surface area contributed by atoms with Crippen molar-refractivity contribution in [3.05, 3.63) is 35.4 Å². The van der Waals surface area contributed by atoms with E-state index < -0.39 is 0 Å². The summed E-state index contributed by atoms with van der Waals surface area (Å²) in [5.41, 5.74) is 1.89. The molecule has 0 radical (unpaired) electrons.